The summed E-state index contributed by atoms with van der Waals surface area (Å²) >= 11 is 0. The number of nitrogens with zero attached hydrogens (tertiary/aromatic N) is 1. The molecule has 0 aliphatic carbocycles. The second-order valence-electron chi connectivity index (χ2n) is 8.16. The first-order valence-electron chi connectivity index (χ1n) is 8.32. The molecule has 0 spiro atoms. The fraction of sp³-hybridized carbons (Fsp3) is 0.765. The van der Waals surface area contributed by atoms with Crippen molar-refractivity contribution in [2.45, 2.75) is 59.3 Å². The molecule has 2 aliphatic rings. The maximum absolute atomic E-state index is 12.8. The average Bonchev–Trinajstić information content (AvgIpc) is 2.43. The molecule has 2 saturated heterocycles. The van der Waals surface area contributed by atoms with Crippen molar-refractivity contribution in [1.29, 1.82) is 0 Å². The van der Waals surface area contributed by atoms with Crippen LogP contribution in [0.1, 0.15) is 47.5 Å². The smallest absolute Gasteiger partial charge is 0.407 e. The van der Waals surface area contributed by atoms with Gasteiger partial charge in [-0.3, -0.25) is 14.4 Å². The van der Waals surface area contributed by atoms with Gasteiger partial charge in [0.05, 0.1) is 0 Å². The molecule has 25 heavy (non-hydrogen) atoms. The lowest BCUT2D eigenvalue weighted by Gasteiger charge is -2.44. The molecule has 2 atom stereocenters. The molecule has 0 radical (unpaired) electrons. The van der Waals surface area contributed by atoms with Crippen molar-refractivity contribution >= 4 is 23.8 Å². The number of rotatable bonds is 2. The van der Waals surface area contributed by atoms with Crippen molar-refractivity contribution in [1.82, 2.24) is 4.90 Å². The Hall–Kier alpha value is -2.12. The van der Waals surface area contributed by atoms with Gasteiger partial charge in [-0.05, 0) is 18.3 Å². The van der Waals surface area contributed by atoms with Gasteiger partial charge in [-0.15, -0.1) is 0 Å². The zero-order valence-electron chi connectivity index (χ0n) is 15.2. The summed E-state index contributed by atoms with van der Waals surface area (Å²) in [7, 11) is 0. The van der Waals surface area contributed by atoms with E-state index >= 15 is 0 Å². The highest BCUT2D eigenvalue weighted by atomic mass is 16.7. The fourth-order valence-corrected chi connectivity index (χ4v) is 3.46. The monoisotopic (exact) mass is 355 g/mol. The van der Waals surface area contributed by atoms with Crippen LogP contribution in [-0.4, -0.2) is 52.2 Å². The first-order chi connectivity index (χ1) is 11.3. The SMILES string of the molecule is CC1(C)OC(=O)C(C(=O)C2CCN(C(=O)O)C(C(C)(C)C)C2)C(=O)O1. The third kappa shape index (κ3) is 3.93. The van der Waals surface area contributed by atoms with E-state index in [9.17, 15) is 24.3 Å². The largest absolute Gasteiger partial charge is 0.465 e. The minimum atomic E-state index is -1.59. The van der Waals surface area contributed by atoms with Gasteiger partial charge in [-0.2, -0.15) is 0 Å². The van der Waals surface area contributed by atoms with Crippen molar-refractivity contribution in [3.05, 3.63) is 0 Å². The van der Waals surface area contributed by atoms with Crippen molar-refractivity contribution in [3.63, 3.8) is 0 Å². The van der Waals surface area contributed by atoms with Gasteiger partial charge >= 0.3 is 18.0 Å². The van der Waals surface area contributed by atoms with Gasteiger partial charge in [0, 0.05) is 32.4 Å². The van der Waals surface area contributed by atoms with Crippen LogP contribution >= 0.6 is 0 Å². The van der Waals surface area contributed by atoms with E-state index in [-0.39, 0.29) is 30.8 Å². The number of ketones is 1. The molecule has 1 N–H and O–H groups in total. The van der Waals surface area contributed by atoms with Crippen molar-refractivity contribution in [2.75, 3.05) is 6.54 Å². The zero-order chi connectivity index (χ0) is 19.2. The maximum atomic E-state index is 12.8. The minimum Gasteiger partial charge on any atom is -0.465 e. The van der Waals surface area contributed by atoms with Crippen LogP contribution in [0.15, 0.2) is 0 Å². The Morgan fingerprint density at radius 2 is 1.68 bits per heavy atom. The normalized spacial score (nSPS) is 27.5. The zero-order valence-corrected chi connectivity index (χ0v) is 15.2. The van der Waals surface area contributed by atoms with Crippen molar-refractivity contribution in [2.24, 2.45) is 17.3 Å². The lowest BCUT2D eigenvalue weighted by atomic mass is 9.74. The number of esters is 2. The number of amides is 1. The number of carboxylic acid groups (broad SMARTS) is 1. The number of carbonyl (C=O) groups excluding carboxylic acids is 3. The molecule has 2 aliphatic heterocycles. The Morgan fingerprint density at radius 1 is 1.16 bits per heavy atom. The number of cyclic esters (lactones) is 2. The Labute approximate surface area is 146 Å². The Morgan fingerprint density at radius 3 is 2.12 bits per heavy atom. The number of hydrogen-bond acceptors (Lipinski definition) is 6. The molecule has 2 fully saturated rings. The first kappa shape index (κ1) is 19.2. The Bertz CT molecular complexity index is 585. The molecule has 2 rings (SSSR count). The van der Waals surface area contributed by atoms with Gasteiger partial charge in [0.15, 0.2) is 5.78 Å². The number of hydrogen-bond donors (Lipinski definition) is 1. The molecule has 2 heterocycles. The molecule has 1 amide bonds. The number of ether oxygens (including phenoxy) is 2. The van der Waals surface area contributed by atoms with Crippen LogP contribution in [0.3, 0.4) is 0 Å². The Kier molecular flexibility index (Phi) is 4.85. The second-order valence-corrected chi connectivity index (χ2v) is 8.16. The molecule has 140 valence electrons. The summed E-state index contributed by atoms with van der Waals surface area (Å²) < 4.78 is 10.0. The molecule has 0 aromatic heterocycles. The highest BCUT2D eigenvalue weighted by Crippen LogP contribution is 2.37. The lowest BCUT2D eigenvalue weighted by molar-refractivity contribution is -0.238. The summed E-state index contributed by atoms with van der Waals surface area (Å²) in [5, 5.41) is 9.38. The highest BCUT2D eigenvalue weighted by Gasteiger charge is 2.51. The molecule has 2 unspecified atom stereocenters. The van der Waals surface area contributed by atoms with Gasteiger partial charge in [-0.25, -0.2) is 4.79 Å². The standard InChI is InChI=1S/C17H25NO7/c1-16(2,3)10-8-9(6-7-18(10)15(22)23)12(19)11-13(20)24-17(4,5)25-14(11)21/h9-11H,6-8H2,1-5H3,(H,22,23). The molecule has 0 aromatic rings. The Balaban J connectivity index is 2.19. The predicted octanol–water partition coefficient (Wildman–Crippen LogP) is 1.81. The number of carbonyl (C=O) groups is 4. The topological polar surface area (TPSA) is 110 Å². The third-order valence-corrected chi connectivity index (χ3v) is 4.70. The van der Waals surface area contributed by atoms with Gasteiger partial charge in [-0.1, -0.05) is 20.8 Å². The summed E-state index contributed by atoms with van der Waals surface area (Å²) in [5.41, 5.74) is -0.382. The van der Waals surface area contributed by atoms with E-state index in [0.29, 0.717) is 0 Å². The third-order valence-electron chi connectivity index (χ3n) is 4.70. The quantitative estimate of drug-likeness (QED) is 0.594. The van der Waals surface area contributed by atoms with Gasteiger partial charge in [0.2, 0.25) is 5.92 Å². The summed E-state index contributed by atoms with van der Waals surface area (Å²) in [6.45, 7) is 8.70. The van der Waals surface area contributed by atoms with E-state index in [1.807, 2.05) is 20.8 Å². The van der Waals surface area contributed by atoms with E-state index in [1.54, 1.807) is 0 Å². The molecular formula is C17H25NO7. The van der Waals surface area contributed by atoms with Crippen LogP contribution in [0.4, 0.5) is 4.79 Å². The molecular weight excluding hydrogens is 330 g/mol. The number of likely N-dealkylation sites (tertiary alicyclic amines) is 1. The summed E-state index contributed by atoms with van der Waals surface area (Å²) in [6.07, 6.45) is -0.517. The van der Waals surface area contributed by atoms with Gasteiger partial charge < -0.3 is 19.5 Å². The molecule has 8 heteroatoms. The van der Waals surface area contributed by atoms with Gasteiger partial charge in [0.1, 0.15) is 0 Å². The van der Waals surface area contributed by atoms with E-state index < -0.39 is 41.4 Å². The molecule has 0 bridgehead atoms. The fourth-order valence-electron chi connectivity index (χ4n) is 3.46. The van der Waals surface area contributed by atoms with Crippen molar-refractivity contribution in [3.8, 4) is 0 Å². The predicted molar refractivity (Wildman–Crippen MR) is 85.5 cm³/mol. The highest BCUT2D eigenvalue weighted by molar-refractivity contribution is 6.16. The van der Waals surface area contributed by atoms with Crippen LogP contribution in [-0.2, 0) is 23.9 Å². The lowest BCUT2D eigenvalue weighted by Crippen LogP contribution is -2.55. The maximum Gasteiger partial charge on any atom is 0.407 e. The molecule has 0 aromatic carbocycles. The molecule has 0 saturated carbocycles. The number of piperidine rings is 1. The second kappa shape index (κ2) is 6.31. The van der Waals surface area contributed by atoms with Crippen LogP contribution in [0, 0.1) is 17.3 Å². The van der Waals surface area contributed by atoms with Crippen LogP contribution in [0.25, 0.3) is 0 Å². The van der Waals surface area contributed by atoms with Crippen LogP contribution in [0.5, 0.6) is 0 Å². The van der Waals surface area contributed by atoms with E-state index in [0.717, 1.165) is 0 Å². The first-order valence-corrected chi connectivity index (χ1v) is 8.32. The summed E-state index contributed by atoms with van der Waals surface area (Å²) in [6, 6.07) is -0.389. The summed E-state index contributed by atoms with van der Waals surface area (Å²) in [5.74, 6) is -5.92. The van der Waals surface area contributed by atoms with Gasteiger partial charge in [0.25, 0.3) is 5.79 Å². The van der Waals surface area contributed by atoms with E-state index in [1.165, 1.54) is 18.7 Å². The van der Waals surface area contributed by atoms with Crippen LogP contribution in [0.2, 0.25) is 0 Å². The van der Waals surface area contributed by atoms with Crippen LogP contribution < -0.4 is 0 Å². The van der Waals surface area contributed by atoms with Crippen molar-refractivity contribution < 1.29 is 33.8 Å². The molecule has 8 nitrogen and oxygen atoms in total. The summed E-state index contributed by atoms with van der Waals surface area (Å²) in [4.78, 5) is 49.8. The number of Topliss-reactive ketones (excluding diaryl/α,β-unsaturated/α-hetero) is 1. The van der Waals surface area contributed by atoms with E-state index in [2.05, 4.69) is 0 Å². The van der Waals surface area contributed by atoms with E-state index in [4.69, 9.17) is 9.47 Å². The minimum absolute atomic E-state index is 0.177. The average molecular weight is 355 g/mol.